The van der Waals surface area contributed by atoms with Crippen LogP contribution in [0.2, 0.25) is 5.82 Å². The minimum Gasteiger partial charge on any atom is -0.344 e. The highest BCUT2D eigenvalue weighted by molar-refractivity contribution is 6.15. The molecular formula is C15H16BN. The van der Waals surface area contributed by atoms with Crippen molar-refractivity contribution in [1.82, 2.24) is 4.57 Å². The zero-order valence-corrected chi connectivity index (χ0v) is 10.2. The van der Waals surface area contributed by atoms with Crippen molar-refractivity contribution in [2.24, 2.45) is 7.05 Å². The van der Waals surface area contributed by atoms with Gasteiger partial charge in [0.2, 0.25) is 0 Å². The van der Waals surface area contributed by atoms with Gasteiger partial charge in [0.25, 0.3) is 0 Å². The first-order chi connectivity index (χ1) is 8.25. The first kappa shape index (κ1) is 10.7. The van der Waals surface area contributed by atoms with E-state index in [2.05, 4.69) is 48.1 Å². The summed E-state index contributed by atoms with van der Waals surface area (Å²) in [5.74, 6) is 0.179. The lowest BCUT2D eigenvalue weighted by Gasteiger charge is -2.10. The Morgan fingerprint density at radius 1 is 1.41 bits per heavy atom. The molecule has 0 spiro atoms. The van der Waals surface area contributed by atoms with Gasteiger partial charge in [-0.3, -0.25) is 0 Å². The monoisotopic (exact) mass is 221 g/mol. The molecule has 3 rings (SSSR count). The van der Waals surface area contributed by atoms with E-state index < -0.39 is 0 Å². The zero-order chi connectivity index (χ0) is 11.8. The van der Waals surface area contributed by atoms with Crippen LogP contribution in [0.15, 0.2) is 24.3 Å². The Bertz CT molecular complexity index is 616. The molecule has 1 atom stereocenters. The van der Waals surface area contributed by atoms with Crippen LogP contribution in [0.25, 0.3) is 17.7 Å². The van der Waals surface area contributed by atoms with Crippen LogP contribution in [0.4, 0.5) is 0 Å². The lowest BCUT2D eigenvalue weighted by atomic mass is 9.82. The van der Waals surface area contributed by atoms with Crippen molar-refractivity contribution in [3.05, 3.63) is 40.6 Å². The van der Waals surface area contributed by atoms with Gasteiger partial charge in [-0.05, 0) is 36.1 Å². The van der Waals surface area contributed by atoms with Crippen molar-refractivity contribution in [3.63, 3.8) is 0 Å². The minimum absolute atomic E-state index is 0.179. The van der Waals surface area contributed by atoms with Crippen molar-refractivity contribution in [2.75, 3.05) is 0 Å². The molecule has 0 bridgehead atoms. The first-order valence-corrected chi connectivity index (χ1v) is 6.25. The standard InChI is InChI=1S/C15H16BN/c1-17-14-8-7-13(16)9-12(14)10-15(17)11-5-3-2-4-6-11/h2-3,5,8-10,13H,4,6-7H2,1H3. The molecule has 0 saturated carbocycles. The maximum absolute atomic E-state index is 5.97. The van der Waals surface area contributed by atoms with Crippen LogP contribution in [-0.4, -0.2) is 12.4 Å². The lowest BCUT2D eigenvalue weighted by molar-refractivity contribution is 0.851. The molecule has 1 unspecified atom stereocenters. The first-order valence-electron chi connectivity index (χ1n) is 6.25. The maximum Gasteiger partial charge on any atom is 0.0759 e. The van der Waals surface area contributed by atoms with Crippen LogP contribution in [0.5, 0.6) is 0 Å². The van der Waals surface area contributed by atoms with Crippen molar-refractivity contribution >= 4 is 25.6 Å². The van der Waals surface area contributed by atoms with Crippen LogP contribution in [0, 0.1) is 0 Å². The number of rotatable bonds is 1. The summed E-state index contributed by atoms with van der Waals surface area (Å²) in [5.41, 5.74) is 2.76. The third-order valence-corrected chi connectivity index (χ3v) is 3.63. The zero-order valence-electron chi connectivity index (χ0n) is 10.2. The number of hydrogen-bond acceptors (Lipinski definition) is 0. The third kappa shape index (κ3) is 1.82. The molecule has 2 aliphatic rings. The van der Waals surface area contributed by atoms with Crippen LogP contribution in [-0.2, 0) is 7.05 Å². The molecule has 84 valence electrons. The predicted molar refractivity (Wildman–Crippen MR) is 74.1 cm³/mol. The molecule has 0 aromatic carbocycles. The second kappa shape index (κ2) is 4.10. The van der Waals surface area contributed by atoms with Crippen molar-refractivity contribution in [2.45, 2.75) is 25.1 Å². The molecule has 0 aliphatic heterocycles. The molecule has 0 amide bonds. The Balaban J connectivity index is 2.18. The molecule has 0 fully saturated rings. The minimum atomic E-state index is 0.179. The number of nitrogens with zero attached hydrogens (tertiary/aromatic N) is 1. The Morgan fingerprint density at radius 2 is 2.29 bits per heavy atom. The van der Waals surface area contributed by atoms with E-state index in [1.54, 1.807) is 0 Å². The molecule has 0 N–H and O–H groups in total. The van der Waals surface area contributed by atoms with E-state index >= 15 is 0 Å². The average Bonchev–Trinajstić information content (AvgIpc) is 2.67. The van der Waals surface area contributed by atoms with Gasteiger partial charge in [0, 0.05) is 18.1 Å². The van der Waals surface area contributed by atoms with Crippen LogP contribution >= 0.6 is 0 Å². The second-order valence-electron chi connectivity index (χ2n) is 4.86. The van der Waals surface area contributed by atoms with Gasteiger partial charge >= 0.3 is 0 Å². The Morgan fingerprint density at radius 3 is 3.06 bits per heavy atom. The quantitative estimate of drug-likeness (QED) is 0.636. The molecular weight excluding hydrogens is 205 g/mol. The van der Waals surface area contributed by atoms with Gasteiger partial charge in [-0.2, -0.15) is 0 Å². The highest BCUT2D eigenvalue weighted by atomic mass is 14.9. The maximum atomic E-state index is 5.97. The van der Waals surface area contributed by atoms with Crippen LogP contribution in [0.3, 0.4) is 0 Å². The van der Waals surface area contributed by atoms with E-state index in [0.717, 1.165) is 19.3 Å². The Labute approximate surface area is 103 Å². The fourth-order valence-corrected chi connectivity index (χ4v) is 2.70. The number of allylic oxidation sites excluding steroid dienone is 4. The topological polar surface area (TPSA) is 4.93 Å². The predicted octanol–water partition coefficient (Wildman–Crippen LogP) is 1.68. The molecule has 1 nitrogen and oxygen atoms in total. The molecule has 1 heterocycles. The van der Waals surface area contributed by atoms with Gasteiger partial charge < -0.3 is 4.57 Å². The Hall–Kier alpha value is -1.44. The third-order valence-electron chi connectivity index (χ3n) is 3.63. The van der Waals surface area contributed by atoms with Gasteiger partial charge in [-0.25, -0.2) is 0 Å². The number of aromatic nitrogens is 1. The van der Waals surface area contributed by atoms with E-state index in [1.165, 1.54) is 21.8 Å². The number of hydrogen-bond donors (Lipinski definition) is 0. The van der Waals surface area contributed by atoms with Crippen molar-refractivity contribution in [3.8, 4) is 0 Å². The number of fused-ring (bicyclic) bond motifs is 1. The van der Waals surface area contributed by atoms with E-state index in [-0.39, 0.29) is 5.82 Å². The smallest absolute Gasteiger partial charge is 0.0759 e. The highest BCUT2D eigenvalue weighted by Crippen LogP contribution is 2.22. The summed E-state index contributed by atoms with van der Waals surface area (Å²) >= 11 is 0. The molecule has 0 saturated heterocycles. The van der Waals surface area contributed by atoms with Crippen molar-refractivity contribution in [1.29, 1.82) is 0 Å². The summed E-state index contributed by atoms with van der Waals surface area (Å²) in [6, 6.07) is 2.27. The summed E-state index contributed by atoms with van der Waals surface area (Å²) in [4.78, 5) is 0. The van der Waals surface area contributed by atoms with Gasteiger partial charge in [0.1, 0.15) is 0 Å². The summed E-state index contributed by atoms with van der Waals surface area (Å²) in [6.45, 7) is 0. The largest absolute Gasteiger partial charge is 0.344 e. The van der Waals surface area contributed by atoms with Gasteiger partial charge in [-0.15, -0.1) is 0 Å². The fourth-order valence-electron chi connectivity index (χ4n) is 2.70. The van der Waals surface area contributed by atoms with Gasteiger partial charge in [0.05, 0.1) is 7.85 Å². The summed E-state index contributed by atoms with van der Waals surface area (Å²) < 4.78 is 2.29. The SMILES string of the molecule is [B]C1C=c2cc(C3=CC=CCC3)n(C)c2=CC1. The Kier molecular flexibility index (Phi) is 2.58. The second-order valence-corrected chi connectivity index (χ2v) is 4.86. The van der Waals surface area contributed by atoms with E-state index in [1.807, 2.05) is 0 Å². The van der Waals surface area contributed by atoms with Crippen LogP contribution in [0.1, 0.15) is 25.0 Å². The molecule has 2 heteroatoms. The van der Waals surface area contributed by atoms with E-state index in [9.17, 15) is 0 Å². The molecule has 2 aliphatic carbocycles. The molecule has 1 aromatic heterocycles. The summed E-state index contributed by atoms with van der Waals surface area (Å²) in [5, 5.41) is 2.61. The highest BCUT2D eigenvalue weighted by Gasteiger charge is 2.11. The normalized spacial score (nSPS) is 22.4. The summed E-state index contributed by atoms with van der Waals surface area (Å²) in [6.07, 6.45) is 14.3. The lowest BCUT2D eigenvalue weighted by Crippen LogP contribution is -2.30. The molecule has 2 radical (unpaired) electrons. The van der Waals surface area contributed by atoms with Crippen LogP contribution < -0.4 is 10.6 Å². The van der Waals surface area contributed by atoms with Gasteiger partial charge in [0.15, 0.2) is 0 Å². The molecule has 17 heavy (non-hydrogen) atoms. The van der Waals surface area contributed by atoms with E-state index in [0.29, 0.717) is 0 Å². The van der Waals surface area contributed by atoms with Crippen molar-refractivity contribution < 1.29 is 0 Å². The fraction of sp³-hybridized carbons (Fsp3) is 0.333. The summed E-state index contributed by atoms with van der Waals surface area (Å²) in [7, 11) is 8.11. The van der Waals surface area contributed by atoms with Gasteiger partial charge in [-0.1, -0.05) is 36.2 Å². The average molecular weight is 221 g/mol. The molecule has 1 aromatic rings. The van der Waals surface area contributed by atoms with E-state index in [4.69, 9.17) is 7.85 Å².